The van der Waals surface area contributed by atoms with Gasteiger partial charge in [0.1, 0.15) is 0 Å². The van der Waals surface area contributed by atoms with Gasteiger partial charge in [0.05, 0.1) is 22.5 Å². The lowest BCUT2D eigenvalue weighted by Crippen LogP contribution is -2.51. The highest BCUT2D eigenvalue weighted by molar-refractivity contribution is 6.09. The van der Waals surface area contributed by atoms with Gasteiger partial charge in [0.25, 0.3) is 5.91 Å². The van der Waals surface area contributed by atoms with E-state index in [0.717, 1.165) is 11.8 Å². The molecule has 0 aromatic heterocycles. The third-order valence-corrected chi connectivity index (χ3v) is 3.93. The van der Waals surface area contributed by atoms with E-state index in [-0.39, 0.29) is 12.1 Å². The van der Waals surface area contributed by atoms with Crippen LogP contribution in [0.3, 0.4) is 0 Å². The molecule has 3 rings (SSSR count). The van der Waals surface area contributed by atoms with Crippen molar-refractivity contribution in [3.8, 4) is 0 Å². The SMILES string of the molecule is CC1(C)CN(C(=O)c2ccccc2C(F)(F)F)c2ccccc2N1. The van der Waals surface area contributed by atoms with Crippen molar-refractivity contribution in [2.45, 2.75) is 25.6 Å². The summed E-state index contributed by atoms with van der Waals surface area (Å²) in [6.07, 6.45) is -4.57. The van der Waals surface area contributed by atoms with Crippen LogP contribution in [0.15, 0.2) is 48.5 Å². The molecular weight excluding hydrogens is 317 g/mol. The smallest absolute Gasteiger partial charge is 0.377 e. The van der Waals surface area contributed by atoms with Crippen LogP contribution in [-0.2, 0) is 6.18 Å². The van der Waals surface area contributed by atoms with Crippen molar-refractivity contribution in [2.24, 2.45) is 0 Å². The van der Waals surface area contributed by atoms with Gasteiger partial charge < -0.3 is 10.2 Å². The molecular formula is C18H17F3N2O. The van der Waals surface area contributed by atoms with Crippen LogP contribution in [-0.4, -0.2) is 18.0 Å². The van der Waals surface area contributed by atoms with Crippen molar-refractivity contribution in [1.29, 1.82) is 0 Å². The molecule has 3 nitrogen and oxygen atoms in total. The van der Waals surface area contributed by atoms with Crippen molar-refractivity contribution >= 4 is 17.3 Å². The largest absolute Gasteiger partial charge is 0.417 e. The molecule has 24 heavy (non-hydrogen) atoms. The van der Waals surface area contributed by atoms with Crippen molar-refractivity contribution in [2.75, 3.05) is 16.8 Å². The first kappa shape index (κ1) is 16.4. The second-order valence-corrected chi connectivity index (χ2v) is 6.46. The summed E-state index contributed by atoms with van der Waals surface area (Å²) in [5.41, 5.74) is -0.385. The molecule has 1 heterocycles. The first-order chi connectivity index (χ1) is 11.2. The standard InChI is InChI=1S/C18H17F3N2O/c1-17(2)11-23(15-10-6-5-9-14(15)22-17)16(24)12-7-3-4-8-13(12)18(19,20)21/h3-10,22H,11H2,1-2H3. The third-order valence-electron chi connectivity index (χ3n) is 3.93. The molecule has 126 valence electrons. The molecule has 2 aromatic carbocycles. The molecule has 0 atom stereocenters. The second kappa shape index (κ2) is 5.54. The summed E-state index contributed by atoms with van der Waals surface area (Å²) in [7, 11) is 0. The summed E-state index contributed by atoms with van der Waals surface area (Å²) in [5.74, 6) is -0.648. The lowest BCUT2D eigenvalue weighted by atomic mass is 9.97. The molecule has 2 aromatic rings. The van der Waals surface area contributed by atoms with Gasteiger partial charge in [0.2, 0.25) is 0 Å². The molecule has 0 saturated heterocycles. The van der Waals surface area contributed by atoms with E-state index in [0.29, 0.717) is 5.69 Å². The second-order valence-electron chi connectivity index (χ2n) is 6.46. The Morgan fingerprint density at radius 2 is 1.71 bits per heavy atom. The van der Waals surface area contributed by atoms with Crippen molar-refractivity contribution < 1.29 is 18.0 Å². The van der Waals surface area contributed by atoms with Gasteiger partial charge in [-0.15, -0.1) is 0 Å². The summed E-state index contributed by atoms with van der Waals surface area (Å²) in [4.78, 5) is 14.3. The van der Waals surface area contributed by atoms with Gasteiger partial charge in [-0.25, -0.2) is 0 Å². The number of para-hydroxylation sites is 2. The van der Waals surface area contributed by atoms with Crippen LogP contribution in [0.25, 0.3) is 0 Å². The number of carbonyl (C=O) groups excluding carboxylic acids is 1. The van der Waals surface area contributed by atoms with E-state index in [1.165, 1.54) is 23.1 Å². The topological polar surface area (TPSA) is 32.3 Å². The summed E-state index contributed by atoms with van der Waals surface area (Å²) in [5, 5.41) is 3.30. The minimum Gasteiger partial charge on any atom is -0.377 e. The average molecular weight is 334 g/mol. The normalized spacial score (nSPS) is 16.3. The van der Waals surface area contributed by atoms with E-state index in [9.17, 15) is 18.0 Å². The Labute approximate surface area is 138 Å². The van der Waals surface area contributed by atoms with Crippen molar-refractivity contribution in [3.05, 3.63) is 59.7 Å². The van der Waals surface area contributed by atoms with Crippen LogP contribution in [0, 0.1) is 0 Å². The summed E-state index contributed by atoms with van der Waals surface area (Å²) in [6, 6.07) is 12.0. The zero-order valence-electron chi connectivity index (χ0n) is 13.3. The van der Waals surface area contributed by atoms with Crippen molar-refractivity contribution in [3.63, 3.8) is 0 Å². The Hall–Kier alpha value is -2.50. The number of amides is 1. The summed E-state index contributed by atoms with van der Waals surface area (Å²) < 4.78 is 39.7. The van der Waals surface area contributed by atoms with Crippen LogP contribution in [0.2, 0.25) is 0 Å². The zero-order chi connectivity index (χ0) is 17.5. The van der Waals surface area contributed by atoms with E-state index in [2.05, 4.69) is 5.32 Å². The fourth-order valence-corrected chi connectivity index (χ4v) is 2.94. The van der Waals surface area contributed by atoms with E-state index < -0.39 is 23.2 Å². The number of benzene rings is 2. The maximum Gasteiger partial charge on any atom is 0.417 e. The van der Waals surface area contributed by atoms with E-state index in [4.69, 9.17) is 0 Å². The van der Waals surface area contributed by atoms with Crippen LogP contribution in [0.5, 0.6) is 0 Å². The van der Waals surface area contributed by atoms with Gasteiger partial charge >= 0.3 is 6.18 Å². The molecule has 0 saturated carbocycles. The lowest BCUT2D eigenvalue weighted by Gasteiger charge is -2.41. The number of fused-ring (bicyclic) bond motifs is 1. The molecule has 0 unspecified atom stereocenters. The highest BCUT2D eigenvalue weighted by atomic mass is 19.4. The number of nitrogens with one attached hydrogen (secondary N) is 1. The Morgan fingerprint density at radius 3 is 2.42 bits per heavy atom. The maximum absolute atomic E-state index is 13.2. The molecule has 0 aliphatic carbocycles. The highest BCUT2D eigenvalue weighted by Gasteiger charge is 2.38. The predicted molar refractivity (Wildman–Crippen MR) is 87.3 cm³/mol. The number of hydrogen-bond donors (Lipinski definition) is 1. The fourth-order valence-electron chi connectivity index (χ4n) is 2.94. The van der Waals surface area contributed by atoms with Crippen LogP contribution in [0.1, 0.15) is 29.8 Å². The fraction of sp³-hybridized carbons (Fsp3) is 0.278. The Bertz CT molecular complexity index is 784. The molecule has 6 heteroatoms. The molecule has 1 aliphatic heterocycles. The molecule has 1 aliphatic rings. The molecule has 0 radical (unpaired) electrons. The minimum atomic E-state index is -4.57. The first-order valence-electron chi connectivity index (χ1n) is 7.54. The van der Waals surface area contributed by atoms with E-state index in [1.54, 1.807) is 12.1 Å². The quantitative estimate of drug-likeness (QED) is 0.829. The maximum atomic E-state index is 13.2. The van der Waals surface area contributed by atoms with Gasteiger partial charge in [-0.2, -0.15) is 13.2 Å². The first-order valence-corrected chi connectivity index (χ1v) is 7.54. The van der Waals surface area contributed by atoms with Gasteiger partial charge in [0.15, 0.2) is 0 Å². The number of carbonyl (C=O) groups is 1. The van der Waals surface area contributed by atoms with E-state index >= 15 is 0 Å². The van der Waals surface area contributed by atoms with Gasteiger partial charge in [-0.3, -0.25) is 4.79 Å². The Morgan fingerprint density at radius 1 is 1.08 bits per heavy atom. The van der Waals surface area contributed by atoms with Crippen molar-refractivity contribution in [1.82, 2.24) is 0 Å². The third kappa shape index (κ3) is 2.96. The Balaban J connectivity index is 2.09. The summed E-state index contributed by atoms with van der Waals surface area (Å²) >= 11 is 0. The molecule has 1 N–H and O–H groups in total. The Kier molecular flexibility index (Phi) is 3.78. The molecule has 1 amide bonds. The zero-order valence-corrected chi connectivity index (χ0v) is 13.3. The number of alkyl halides is 3. The highest BCUT2D eigenvalue weighted by Crippen LogP contribution is 2.37. The monoisotopic (exact) mass is 334 g/mol. The number of hydrogen-bond acceptors (Lipinski definition) is 2. The molecule has 0 fully saturated rings. The van der Waals surface area contributed by atoms with Crippen LogP contribution >= 0.6 is 0 Å². The van der Waals surface area contributed by atoms with E-state index in [1.807, 2.05) is 26.0 Å². The number of halogens is 3. The predicted octanol–water partition coefficient (Wildman–Crippen LogP) is 4.56. The lowest BCUT2D eigenvalue weighted by molar-refractivity contribution is -0.137. The summed E-state index contributed by atoms with van der Waals surface area (Å²) in [6.45, 7) is 4.08. The van der Waals surface area contributed by atoms with Gasteiger partial charge in [0, 0.05) is 12.1 Å². The molecule has 0 bridgehead atoms. The minimum absolute atomic E-state index is 0.273. The molecule has 0 spiro atoms. The number of anilines is 2. The number of nitrogens with zero attached hydrogens (tertiary/aromatic N) is 1. The average Bonchev–Trinajstić information content (AvgIpc) is 2.51. The van der Waals surface area contributed by atoms with Crippen LogP contribution in [0.4, 0.5) is 24.5 Å². The number of rotatable bonds is 1. The van der Waals surface area contributed by atoms with Crippen LogP contribution < -0.4 is 10.2 Å². The van der Waals surface area contributed by atoms with Gasteiger partial charge in [-0.05, 0) is 38.1 Å². The van der Waals surface area contributed by atoms with Gasteiger partial charge in [-0.1, -0.05) is 24.3 Å².